The Bertz CT molecular complexity index is 534. The molecule has 0 atom stereocenters. The van der Waals surface area contributed by atoms with Crippen molar-refractivity contribution >= 4 is 0 Å². The van der Waals surface area contributed by atoms with E-state index in [0.29, 0.717) is 19.8 Å². The topological polar surface area (TPSA) is 57.6 Å². The van der Waals surface area contributed by atoms with Gasteiger partial charge in [-0.2, -0.15) is 0 Å². The second-order valence-corrected chi connectivity index (χ2v) is 4.37. The lowest BCUT2D eigenvalue weighted by Gasteiger charge is -2.06. The van der Waals surface area contributed by atoms with Crippen molar-refractivity contribution in [2.75, 3.05) is 7.11 Å². The summed E-state index contributed by atoms with van der Waals surface area (Å²) >= 11 is 0. The Kier molecular flexibility index (Phi) is 4.60. The van der Waals surface area contributed by atoms with Gasteiger partial charge in [0.05, 0.1) is 6.61 Å². The number of benzene rings is 1. The predicted octanol–water partition coefficient (Wildman–Crippen LogP) is 2.77. The van der Waals surface area contributed by atoms with Crippen molar-refractivity contribution in [1.29, 1.82) is 0 Å². The van der Waals surface area contributed by atoms with Gasteiger partial charge in [0.1, 0.15) is 23.9 Å². The molecule has 0 aliphatic carbocycles. The Morgan fingerprint density at radius 2 is 2.05 bits per heavy atom. The van der Waals surface area contributed by atoms with Gasteiger partial charge < -0.3 is 19.6 Å². The fraction of sp³-hybridized carbons (Fsp3) is 0.333. The molecule has 0 spiro atoms. The van der Waals surface area contributed by atoms with Crippen LogP contribution in [0.4, 0.5) is 0 Å². The van der Waals surface area contributed by atoms with E-state index in [-0.39, 0.29) is 0 Å². The van der Waals surface area contributed by atoms with Gasteiger partial charge in [0, 0.05) is 19.2 Å². The molecule has 19 heavy (non-hydrogen) atoms. The molecule has 2 aromatic rings. The Morgan fingerprint density at radius 3 is 2.74 bits per heavy atom. The fourth-order valence-corrected chi connectivity index (χ4v) is 1.91. The molecule has 4 heteroatoms. The van der Waals surface area contributed by atoms with Crippen LogP contribution < -0.4 is 10.5 Å². The lowest BCUT2D eigenvalue weighted by Crippen LogP contribution is -1.96. The molecular formula is C15H19NO3. The molecule has 102 valence electrons. The molecule has 0 unspecified atom stereocenters. The number of ether oxygens (including phenoxy) is 2. The summed E-state index contributed by atoms with van der Waals surface area (Å²) in [6, 6.07) is 9.76. The Balaban J connectivity index is 1.99. The zero-order chi connectivity index (χ0) is 13.7. The molecule has 0 saturated heterocycles. The van der Waals surface area contributed by atoms with Gasteiger partial charge in [0.2, 0.25) is 0 Å². The first kappa shape index (κ1) is 13.6. The van der Waals surface area contributed by atoms with E-state index in [1.807, 2.05) is 37.3 Å². The maximum atomic E-state index is 5.70. The highest BCUT2D eigenvalue weighted by Gasteiger charge is 2.06. The molecule has 1 aromatic heterocycles. The Labute approximate surface area is 113 Å². The first-order valence-electron chi connectivity index (χ1n) is 6.22. The van der Waals surface area contributed by atoms with Gasteiger partial charge in [0.15, 0.2) is 0 Å². The lowest BCUT2D eigenvalue weighted by molar-refractivity contribution is 0.184. The average molecular weight is 261 g/mol. The summed E-state index contributed by atoms with van der Waals surface area (Å²) in [7, 11) is 1.67. The summed E-state index contributed by atoms with van der Waals surface area (Å²) in [5, 5.41) is 0. The smallest absolute Gasteiger partial charge is 0.146 e. The van der Waals surface area contributed by atoms with Crippen LogP contribution in [0.5, 0.6) is 5.75 Å². The van der Waals surface area contributed by atoms with Crippen LogP contribution in [-0.4, -0.2) is 7.11 Å². The van der Waals surface area contributed by atoms with Crippen LogP contribution in [0.25, 0.3) is 0 Å². The highest BCUT2D eigenvalue weighted by atomic mass is 16.5. The molecule has 0 radical (unpaired) electrons. The van der Waals surface area contributed by atoms with E-state index >= 15 is 0 Å². The van der Waals surface area contributed by atoms with E-state index in [9.17, 15) is 0 Å². The maximum absolute atomic E-state index is 5.70. The van der Waals surface area contributed by atoms with Crippen LogP contribution in [-0.2, 0) is 24.5 Å². The largest absolute Gasteiger partial charge is 0.486 e. The molecule has 0 bridgehead atoms. The Hall–Kier alpha value is -1.78. The summed E-state index contributed by atoms with van der Waals surface area (Å²) in [6.45, 7) is 3.37. The maximum Gasteiger partial charge on any atom is 0.146 e. The van der Waals surface area contributed by atoms with E-state index in [4.69, 9.17) is 19.6 Å². The molecule has 0 fully saturated rings. The van der Waals surface area contributed by atoms with Crippen molar-refractivity contribution in [3.05, 3.63) is 53.0 Å². The minimum Gasteiger partial charge on any atom is -0.486 e. The van der Waals surface area contributed by atoms with Crippen molar-refractivity contribution in [3.63, 3.8) is 0 Å². The first-order valence-corrected chi connectivity index (χ1v) is 6.22. The molecule has 4 nitrogen and oxygen atoms in total. The van der Waals surface area contributed by atoms with Crippen LogP contribution in [0.2, 0.25) is 0 Å². The summed E-state index contributed by atoms with van der Waals surface area (Å²) < 4.78 is 16.4. The number of hydrogen-bond acceptors (Lipinski definition) is 4. The molecule has 0 aliphatic rings. The summed E-state index contributed by atoms with van der Waals surface area (Å²) in [5.41, 5.74) is 7.71. The standard InChI is InChI=1S/C15H19NO3/c1-11-13(8-16)7-15(19-11)10-18-14-5-3-4-12(6-14)9-17-2/h3-7H,8-10,16H2,1-2H3. The van der Waals surface area contributed by atoms with E-state index in [2.05, 4.69) is 0 Å². The number of aryl methyl sites for hydroxylation is 1. The molecule has 1 aromatic carbocycles. The average Bonchev–Trinajstić information content (AvgIpc) is 2.78. The molecule has 1 heterocycles. The van der Waals surface area contributed by atoms with Crippen molar-refractivity contribution in [2.24, 2.45) is 5.73 Å². The lowest BCUT2D eigenvalue weighted by atomic mass is 10.2. The van der Waals surface area contributed by atoms with Crippen LogP contribution in [0.1, 0.15) is 22.6 Å². The number of furan rings is 1. The van der Waals surface area contributed by atoms with Crippen LogP contribution >= 0.6 is 0 Å². The number of hydrogen-bond donors (Lipinski definition) is 1. The van der Waals surface area contributed by atoms with Crippen molar-refractivity contribution in [1.82, 2.24) is 0 Å². The molecule has 2 rings (SSSR count). The van der Waals surface area contributed by atoms with Crippen molar-refractivity contribution < 1.29 is 13.9 Å². The highest BCUT2D eigenvalue weighted by Crippen LogP contribution is 2.18. The second-order valence-electron chi connectivity index (χ2n) is 4.37. The number of rotatable bonds is 6. The predicted molar refractivity (Wildman–Crippen MR) is 72.8 cm³/mol. The molecule has 0 aliphatic heterocycles. The molecular weight excluding hydrogens is 242 g/mol. The third-order valence-corrected chi connectivity index (χ3v) is 2.88. The minimum absolute atomic E-state index is 0.400. The van der Waals surface area contributed by atoms with E-state index in [1.54, 1.807) is 7.11 Å². The summed E-state index contributed by atoms with van der Waals surface area (Å²) in [6.07, 6.45) is 0. The Morgan fingerprint density at radius 1 is 1.21 bits per heavy atom. The van der Waals surface area contributed by atoms with Crippen molar-refractivity contribution in [3.8, 4) is 5.75 Å². The summed E-state index contributed by atoms with van der Waals surface area (Å²) in [5.74, 6) is 2.45. The van der Waals surface area contributed by atoms with Gasteiger partial charge in [-0.05, 0) is 30.7 Å². The zero-order valence-electron chi connectivity index (χ0n) is 11.3. The van der Waals surface area contributed by atoms with Crippen molar-refractivity contribution in [2.45, 2.75) is 26.7 Å². The third kappa shape index (κ3) is 3.59. The second kappa shape index (κ2) is 6.41. The van der Waals surface area contributed by atoms with Gasteiger partial charge in [0.25, 0.3) is 0 Å². The van der Waals surface area contributed by atoms with Crippen LogP contribution in [0, 0.1) is 6.92 Å². The fourth-order valence-electron chi connectivity index (χ4n) is 1.91. The quantitative estimate of drug-likeness (QED) is 0.868. The van der Waals surface area contributed by atoms with Gasteiger partial charge in [-0.25, -0.2) is 0 Å². The van der Waals surface area contributed by atoms with Gasteiger partial charge in [-0.3, -0.25) is 0 Å². The highest BCUT2D eigenvalue weighted by molar-refractivity contribution is 5.28. The number of methoxy groups -OCH3 is 1. The van der Waals surface area contributed by atoms with E-state index in [0.717, 1.165) is 28.4 Å². The molecule has 0 saturated carbocycles. The SMILES string of the molecule is COCc1cccc(OCc2cc(CN)c(C)o2)c1. The third-order valence-electron chi connectivity index (χ3n) is 2.88. The normalized spacial score (nSPS) is 10.7. The number of nitrogens with two attached hydrogens (primary N) is 1. The van der Waals surface area contributed by atoms with Gasteiger partial charge in [-0.15, -0.1) is 0 Å². The molecule has 0 amide bonds. The zero-order valence-corrected chi connectivity index (χ0v) is 11.3. The van der Waals surface area contributed by atoms with Crippen LogP contribution in [0.15, 0.2) is 34.7 Å². The minimum atomic E-state index is 0.400. The van der Waals surface area contributed by atoms with Gasteiger partial charge >= 0.3 is 0 Å². The van der Waals surface area contributed by atoms with E-state index < -0.39 is 0 Å². The van der Waals surface area contributed by atoms with Gasteiger partial charge in [-0.1, -0.05) is 12.1 Å². The van der Waals surface area contributed by atoms with Crippen LogP contribution in [0.3, 0.4) is 0 Å². The van der Waals surface area contributed by atoms with E-state index in [1.165, 1.54) is 0 Å². The first-order chi connectivity index (χ1) is 9.22. The summed E-state index contributed by atoms with van der Waals surface area (Å²) in [4.78, 5) is 0. The molecule has 2 N–H and O–H groups in total. The monoisotopic (exact) mass is 261 g/mol.